The number of hydrogen-bond acceptors (Lipinski definition) is 8. The van der Waals surface area contributed by atoms with Crippen LogP contribution in [-0.2, 0) is 35.2 Å². The number of benzene rings is 1. The summed E-state index contributed by atoms with van der Waals surface area (Å²) < 4.78 is 0. The van der Waals surface area contributed by atoms with Crippen LogP contribution < -0.4 is 16.4 Å². The molecular weight excluding hydrogens is 504 g/mol. The van der Waals surface area contributed by atoms with Crippen molar-refractivity contribution in [3.05, 3.63) is 29.8 Å². The van der Waals surface area contributed by atoms with Gasteiger partial charge in [-0.15, -0.1) is 0 Å². The molecule has 0 aliphatic carbocycles. The number of phenols is 1. The van der Waals surface area contributed by atoms with E-state index in [1.54, 1.807) is 12.1 Å². The Labute approximate surface area is 217 Å². The molecule has 4 atom stereocenters. The van der Waals surface area contributed by atoms with Crippen molar-refractivity contribution in [2.75, 3.05) is 6.54 Å². The van der Waals surface area contributed by atoms with E-state index in [4.69, 9.17) is 15.9 Å². The summed E-state index contributed by atoms with van der Waals surface area (Å²) in [5, 5.41) is 41.4. The van der Waals surface area contributed by atoms with E-state index in [2.05, 4.69) is 10.6 Å². The van der Waals surface area contributed by atoms with Crippen molar-refractivity contribution in [1.29, 1.82) is 0 Å². The lowest BCUT2D eigenvalue weighted by molar-refractivity contribution is -0.145. The lowest BCUT2D eigenvalue weighted by Gasteiger charge is -2.30. The summed E-state index contributed by atoms with van der Waals surface area (Å²) in [6, 6.07) is 0.965. The monoisotopic (exact) mass is 536 g/mol. The molecule has 0 saturated carbocycles. The molecule has 14 heteroatoms. The van der Waals surface area contributed by atoms with Gasteiger partial charge in [0, 0.05) is 25.8 Å². The standard InChI is InChI=1S/C24H32N4O10/c25-15(7-9-19(30)31)21(34)27-17(12-13-3-5-14(29)6-4-13)23(36)28-11-1-2-18(28)22(35)26-16(24(37)38)8-10-20(32)33/h3-6,15-18,29H,1-2,7-12,25H2,(H,26,35)(H,27,34)(H,30,31)(H,32,33)(H,37,38). The van der Waals surface area contributed by atoms with Crippen molar-refractivity contribution in [3.8, 4) is 5.75 Å². The number of carboxylic acid groups (broad SMARTS) is 3. The summed E-state index contributed by atoms with van der Waals surface area (Å²) in [5.74, 6) is -5.94. The minimum absolute atomic E-state index is 0.0106. The van der Waals surface area contributed by atoms with Crippen LogP contribution in [0.25, 0.3) is 0 Å². The highest BCUT2D eigenvalue weighted by molar-refractivity contribution is 5.94. The van der Waals surface area contributed by atoms with Gasteiger partial charge in [-0.1, -0.05) is 12.1 Å². The summed E-state index contributed by atoms with van der Waals surface area (Å²) in [6.45, 7) is 0.150. The Morgan fingerprint density at radius 1 is 0.921 bits per heavy atom. The summed E-state index contributed by atoms with van der Waals surface area (Å²) in [4.78, 5) is 73.5. The first-order valence-electron chi connectivity index (χ1n) is 12.0. The Morgan fingerprint density at radius 2 is 1.53 bits per heavy atom. The molecule has 38 heavy (non-hydrogen) atoms. The van der Waals surface area contributed by atoms with Gasteiger partial charge in [0.15, 0.2) is 0 Å². The highest BCUT2D eigenvalue weighted by atomic mass is 16.4. The number of rotatable bonds is 14. The third-order valence-corrected chi connectivity index (χ3v) is 6.10. The maximum absolute atomic E-state index is 13.5. The molecule has 0 aromatic heterocycles. The molecule has 1 fully saturated rings. The number of carbonyl (C=O) groups excluding carboxylic acids is 3. The summed E-state index contributed by atoms with van der Waals surface area (Å²) in [6.07, 6.45) is -0.722. The number of phenolic OH excluding ortho intramolecular Hbond substituents is 1. The molecule has 1 heterocycles. The quantitative estimate of drug-likeness (QED) is 0.153. The van der Waals surface area contributed by atoms with Crippen LogP contribution in [0.4, 0.5) is 0 Å². The second-order valence-corrected chi connectivity index (χ2v) is 8.99. The first-order valence-corrected chi connectivity index (χ1v) is 12.0. The maximum Gasteiger partial charge on any atom is 0.326 e. The van der Waals surface area contributed by atoms with Crippen LogP contribution in [0.2, 0.25) is 0 Å². The second kappa shape index (κ2) is 13.9. The van der Waals surface area contributed by atoms with Crippen LogP contribution in [0.1, 0.15) is 44.1 Å². The number of likely N-dealkylation sites (tertiary alicyclic amines) is 1. The van der Waals surface area contributed by atoms with Gasteiger partial charge in [0.2, 0.25) is 17.7 Å². The van der Waals surface area contributed by atoms with Crippen LogP contribution >= 0.6 is 0 Å². The van der Waals surface area contributed by atoms with Crippen LogP contribution in [0.5, 0.6) is 5.75 Å². The molecule has 14 nitrogen and oxygen atoms in total. The second-order valence-electron chi connectivity index (χ2n) is 8.99. The third-order valence-electron chi connectivity index (χ3n) is 6.10. The van der Waals surface area contributed by atoms with Gasteiger partial charge in [0.25, 0.3) is 0 Å². The molecule has 8 N–H and O–H groups in total. The van der Waals surface area contributed by atoms with E-state index in [0.29, 0.717) is 12.0 Å². The third kappa shape index (κ3) is 9.03. The van der Waals surface area contributed by atoms with E-state index in [1.807, 2.05) is 0 Å². The van der Waals surface area contributed by atoms with E-state index in [9.17, 15) is 39.0 Å². The summed E-state index contributed by atoms with van der Waals surface area (Å²) >= 11 is 0. The molecule has 0 radical (unpaired) electrons. The van der Waals surface area contributed by atoms with Crippen molar-refractivity contribution in [2.24, 2.45) is 5.73 Å². The zero-order valence-corrected chi connectivity index (χ0v) is 20.5. The minimum atomic E-state index is -1.46. The molecule has 0 spiro atoms. The fourth-order valence-corrected chi connectivity index (χ4v) is 4.05. The average molecular weight is 537 g/mol. The Morgan fingerprint density at radius 3 is 2.11 bits per heavy atom. The minimum Gasteiger partial charge on any atom is -0.508 e. The van der Waals surface area contributed by atoms with Crippen LogP contribution in [0.15, 0.2) is 24.3 Å². The van der Waals surface area contributed by atoms with Crippen molar-refractivity contribution in [1.82, 2.24) is 15.5 Å². The van der Waals surface area contributed by atoms with Crippen molar-refractivity contribution in [3.63, 3.8) is 0 Å². The highest BCUT2D eigenvalue weighted by Gasteiger charge is 2.39. The zero-order chi connectivity index (χ0) is 28.4. The van der Waals surface area contributed by atoms with Crippen LogP contribution in [0, 0.1) is 0 Å². The van der Waals surface area contributed by atoms with Gasteiger partial charge in [-0.25, -0.2) is 4.79 Å². The topological polar surface area (TPSA) is 237 Å². The highest BCUT2D eigenvalue weighted by Crippen LogP contribution is 2.21. The van der Waals surface area contributed by atoms with Crippen molar-refractivity contribution in [2.45, 2.75) is 69.1 Å². The van der Waals surface area contributed by atoms with E-state index in [0.717, 1.165) is 0 Å². The molecule has 1 saturated heterocycles. The normalized spacial score (nSPS) is 17.2. The number of hydrogen-bond donors (Lipinski definition) is 7. The smallest absolute Gasteiger partial charge is 0.326 e. The maximum atomic E-state index is 13.5. The average Bonchev–Trinajstić information content (AvgIpc) is 3.35. The molecule has 2 rings (SSSR count). The molecule has 208 valence electrons. The molecule has 4 unspecified atom stereocenters. The molecule has 3 amide bonds. The molecule has 1 aliphatic rings. The molecule has 1 aromatic carbocycles. The number of carboxylic acids is 3. The predicted molar refractivity (Wildman–Crippen MR) is 130 cm³/mol. The van der Waals surface area contributed by atoms with Gasteiger partial charge in [0.1, 0.15) is 23.9 Å². The summed E-state index contributed by atoms with van der Waals surface area (Å²) in [5.41, 5.74) is 6.36. The summed E-state index contributed by atoms with van der Waals surface area (Å²) in [7, 11) is 0. The van der Waals surface area contributed by atoms with Gasteiger partial charge >= 0.3 is 17.9 Å². The number of nitrogens with two attached hydrogens (primary N) is 1. The lowest BCUT2D eigenvalue weighted by atomic mass is 10.0. The Hall–Kier alpha value is -4.20. The number of nitrogens with zero attached hydrogens (tertiary/aromatic N) is 1. The Bertz CT molecular complexity index is 1050. The Kier molecular flexibility index (Phi) is 11.0. The molecule has 0 bridgehead atoms. The van der Waals surface area contributed by atoms with Gasteiger partial charge in [0.05, 0.1) is 6.04 Å². The Balaban J connectivity index is 2.20. The fourth-order valence-electron chi connectivity index (χ4n) is 4.05. The number of aliphatic carboxylic acids is 3. The number of aromatic hydroxyl groups is 1. The zero-order valence-electron chi connectivity index (χ0n) is 20.5. The van der Waals surface area contributed by atoms with Crippen LogP contribution in [-0.4, -0.2) is 91.7 Å². The number of carbonyl (C=O) groups is 6. The SMILES string of the molecule is NC(CCC(=O)O)C(=O)NC(Cc1ccc(O)cc1)C(=O)N1CCCC1C(=O)NC(CCC(=O)O)C(=O)O. The molecule has 1 aliphatic heterocycles. The van der Waals surface area contributed by atoms with E-state index in [1.165, 1.54) is 17.0 Å². The molecule has 1 aromatic rings. The predicted octanol–water partition coefficient (Wildman–Crippen LogP) is -0.963. The lowest BCUT2D eigenvalue weighted by Crippen LogP contribution is -2.57. The van der Waals surface area contributed by atoms with E-state index in [-0.39, 0.29) is 44.4 Å². The van der Waals surface area contributed by atoms with Crippen molar-refractivity contribution >= 4 is 35.6 Å². The van der Waals surface area contributed by atoms with Crippen molar-refractivity contribution < 1.29 is 49.2 Å². The largest absolute Gasteiger partial charge is 0.508 e. The van der Waals surface area contributed by atoms with Gasteiger partial charge in [-0.2, -0.15) is 0 Å². The van der Waals surface area contributed by atoms with E-state index < -0.39 is 66.2 Å². The fraction of sp³-hybridized carbons (Fsp3) is 0.500. The number of nitrogens with one attached hydrogen (secondary N) is 2. The van der Waals surface area contributed by atoms with Gasteiger partial charge in [-0.3, -0.25) is 24.0 Å². The molecular formula is C24H32N4O10. The first-order chi connectivity index (χ1) is 17.9. The van der Waals surface area contributed by atoms with Gasteiger partial charge < -0.3 is 41.7 Å². The number of amides is 3. The van der Waals surface area contributed by atoms with Crippen LogP contribution in [0.3, 0.4) is 0 Å². The van der Waals surface area contributed by atoms with Gasteiger partial charge in [-0.05, 0) is 43.4 Å². The van der Waals surface area contributed by atoms with E-state index >= 15 is 0 Å². The first kappa shape index (κ1) is 30.0.